The molecule has 0 bridgehead atoms. The van der Waals surface area contributed by atoms with Crippen molar-refractivity contribution in [3.8, 4) is 0 Å². The van der Waals surface area contributed by atoms with Crippen LogP contribution in [0.4, 0.5) is 0 Å². The van der Waals surface area contributed by atoms with Gasteiger partial charge in [-0.25, -0.2) is 0 Å². The van der Waals surface area contributed by atoms with Gasteiger partial charge in [0, 0.05) is 25.0 Å². The molecule has 1 heterocycles. The molecule has 2 heteroatoms. The van der Waals surface area contributed by atoms with Gasteiger partial charge in [0.15, 0.2) is 0 Å². The van der Waals surface area contributed by atoms with Crippen LogP contribution >= 0.6 is 0 Å². The van der Waals surface area contributed by atoms with Crippen molar-refractivity contribution in [3.63, 3.8) is 0 Å². The van der Waals surface area contributed by atoms with Crippen molar-refractivity contribution < 1.29 is 0 Å². The number of rotatable bonds is 6. The van der Waals surface area contributed by atoms with Crippen molar-refractivity contribution in [2.45, 2.75) is 45.2 Å². The first-order valence-electron chi connectivity index (χ1n) is 6.18. The first-order chi connectivity index (χ1) is 7.35. The second kappa shape index (κ2) is 4.84. The molecule has 1 aliphatic carbocycles. The Bertz CT molecular complexity index is 299. The molecular formula is C13H22N2. The average molecular weight is 206 g/mol. The van der Waals surface area contributed by atoms with Gasteiger partial charge < -0.3 is 9.88 Å². The van der Waals surface area contributed by atoms with Gasteiger partial charge in [-0.05, 0) is 43.9 Å². The van der Waals surface area contributed by atoms with Gasteiger partial charge in [0.1, 0.15) is 0 Å². The van der Waals surface area contributed by atoms with Crippen LogP contribution in [0, 0.1) is 5.92 Å². The Morgan fingerprint density at radius 2 is 2.33 bits per heavy atom. The monoisotopic (exact) mass is 206 g/mol. The van der Waals surface area contributed by atoms with E-state index >= 15 is 0 Å². The van der Waals surface area contributed by atoms with Gasteiger partial charge in [0.25, 0.3) is 0 Å². The molecule has 84 valence electrons. The van der Waals surface area contributed by atoms with Crippen LogP contribution in [0.1, 0.15) is 44.2 Å². The number of aromatic nitrogens is 1. The summed E-state index contributed by atoms with van der Waals surface area (Å²) in [6, 6.07) is 2.86. The highest BCUT2D eigenvalue weighted by Crippen LogP contribution is 2.40. The summed E-state index contributed by atoms with van der Waals surface area (Å²) in [5.74, 6) is 0.886. The van der Waals surface area contributed by atoms with Gasteiger partial charge in [-0.1, -0.05) is 13.3 Å². The van der Waals surface area contributed by atoms with Gasteiger partial charge in [-0.3, -0.25) is 0 Å². The van der Waals surface area contributed by atoms with E-state index in [4.69, 9.17) is 0 Å². The average Bonchev–Trinajstić information content (AvgIpc) is 2.96. The van der Waals surface area contributed by atoms with Crippen LogP contribution < -0.4 is 5.32 Å². The molecule has 1 aliphatic rings. The molecule has 0 spiro atoms. The Morgan fingerprint density at radius 3 is 2.93 bits per heavy atom. The van der Waals surface area contributed by atoms with Gasteiger partial charge in [0.2, 0.25) is 0 Å². The van der Waals surface area contributed by atoms with E-state index in [0.717, 1.165) is 12.5 Å². The minimum Gasteiger partial charge on any atom is -0.354 e. The molecule has 1 saturated carbocycles. The predicted octanol–water partition coefficient (Wildman–Crippen LogP) is 2.96. The fraction of sp³-hybridized carbons (Fsp3) is 0.692. The van der Waals surface area contributed by atoms with Crippen LogP contribution in [0.3, 0.4) is 0 Å². The Balaban J connectivity index is 1.98. The maximum Gasteiger partial charge on any atom is 0.0361 e. The van der Waals surface area contributed by atoms with Crippen LogP contribution in [-0.4, -0.2) is 11.6 Å². The van der Waals surface area contributed by atoms with Gasteiger partial charge in [-0.15, -0.1) is 0 Å². The smallest absolute Gasteiger partial charge is 0.0361 e. The fourth-order valence-corrected chi connectivity index (χ4v) is 2.23. The van der Waals surface area contributed by atoms with E-state index in [1.165, 1.54) is 31.2 Å². The highest BCUT2D eigenvalue weighted by atomic mass is 15.0. The second-order valence-electron chi connectivity index (χ2n) is 4.64. The van der Waals surface area contributed by atoms with E-state index in [9.17, 15) is 0 Å². The van der Waals surface area contributed by atoms with Crippen LogP contribution in [0.5, 0.6) is 0 Å². The highest BCUT2D eigenvalue weighted by molar-refractivity contribution is 5.18. The molecule has 1 fully saturated rings. The van der Waals surface area contributed by atoms with Gasteiger partial charge in [0.05, 0.1) is 0 Å². The van der Waals surface area contributed by atoms with Crippen molar-refractivity contribution in [2.24, 2.45) is 5.92 Å². The Kier molecular flexibility index (Phi) is 3.47. The van der Waals surface area contributed by atoms with E-state index in [2.05, 4.69) is 42.3 Å². The van der Waals surface area contributed by atoms with E-state index in [0.29, 0.717) is 6.04 Å². The normalized spacial score (nSPS) is 18.0. The first-order valence-corrected chi connectivity index (χ1v) is 6.18. The van der Waals surface area contributed by atoms with Crippen molar-refractivity contribution >= 4 is 0 Å². The first kappa shape index (κ1) is 10.7. The number of unbranched alkanes of at least 4 members (excludes halogenated alkanes) is 1. The van der Waals surface area contributed by atoms with E-state index in [1.54, 1.807) is 0 Å². The molecule has 1 aromatic heterocycles. The molecule has 2 rings (SSSR count). The largest absolute Gasteiger partial charge is 0.354 e. The van der Waals surface area contributed by atoms with Gasteiger partial charge in [-0.2, -0.15) is 0 Å². The molecule has 0 aliphatic heterocycles. The van der Waals surface area contributed by atoms with Gasteiger partial charge >= 0.3 is 0 Å². The minimum atomic E-state index is 0.591. The lowest BCUT2D eigenvalue weighted by Gasteiger charge is -2.13. The summed E-state index contributed by atoms with van der Waals surface area (Å²) < 4.78 is 2.32. The summed E-state index contributed by atoms with van der Waals surface area (Å²) in [4.78, 5) is 0. The summed E-state index contributed by atoms with van der Waals surface area (Å²) in [5, 5.41) is 3.44. The zero-order chi connectivity index (χ0) is 10.7. The third-order valence-electron chi connectivity index (χ3n) is 3.31. The summed E-state index contributed by atoms with van der Waals surface area (Å²) in [6.45, 7) is 3.41. The third kappa shape index (κ3) is 2.63. The fourth-order valence-electron chi connectivity index (χ4n) is 2.23. The summed E-state index contributed by atoms with van der Waals surface area (Å²) in [7, 11) is 2.08. The number of nitrogens with one attached hydrogen (secondary N) is 1. The molecular weight excluding hydrogens is 184 g/mol. The standard InChI is InChI=1S/C13H22N2/c1-3-4-8-15-9-7-12(10-15)13(14-2)11-5-6-11/h7,9-11,13-14H,3-6,8H2,1-2H3. The number of nitrogens with zero attached hydrogens (tertiary/aromatic N) is 1. The molecule has 0 saturated heterocycles. The summed E-state index contributed by atoms with van der Waals surface area (Å²) >= 11 is 0. The Morgan fingerprint density at radius 1 is 1.53 bits per heavy atom. The molecule has 0 amide bonds. The van der Waals surface area contributed by atoms with Crippen molar-refractivity contribution in [1.82, 2.24) is 9.88 Å². The van der Waals surface area contributed by atoms with Crippen LogP contribution in [0.15, 0.2) is 18.5 Å². The van der Waals surface area contributed by atoms with Crippen LogP contribution in [0.25, 0.3) is 0 Å². The van der Waals surface area contributed by atoms with Crippen LogP contribution in [0.2, 0.25) is 0 Å². The number of hydrogen-bond donors (Lipinski definition) is 1. The molecule has 1 N–H and O–H groups in total. The maximum atomic E-state index is 3.44. The van der Waals surface area contributed by atoms with E-state index < -0.39 is 0 Å². The lowest BCUT2D eigenvalue weighted by Crippen LogP contribution is -2.17. The topological polar surface area (TPSA) is 17.0 Å². The number of hydrogen-bond acceptors (Lipinski definition) is 1. The van der Waals surface area contributed by atoms with Crippen molar-refractivity contribution in [2.75, 3.05) is 7.05 Å². The second-order valence-corrected chi connectivity index (χ2v) is 4.64. The van der Waals surface area contributed by atoms with Crippen molar-refractivity contribution in [3.05, 3.63) is 24.0 Å². The molecule has 0 aromatic carbocycles. The maximum absolute atomic E-state index is 3.44. The zero-order valence-electron chi connectivity index (χ0n) is 9.87. The highest BCUT2D eigenvalue weighted by Gasteiger charge is 2.31. The SMILES string of the molecule is CCCCn1ccc(C(NC)C2CC2)c1. The molecule has 2 nitrogen and oxygen atoms in total. The Labute approximate surface area is 92.7 Å². The van der Waals surface area contributed by atoms with E-state index in [1.807, 2.05) is 0 Å². The molecule has 0 radical (unpaired) electrons. The summed E-state index contributed by atoms with van der Waals surface area (Å²) in [5.41, 5.74) is 1.47. The number of aryl methyl sites for hydroxylation is 1. The zero-order valence-corrected chi connectivity index (χ0v) is 9.87. The molecule has 1 atom stereocenters. The van der Waals surface area contributed by atoms with Crippen LogP contribution in [-0.2, 0) is 6.54 Å². The van der Waals surface area contributed by atoms with E-state index in [-0.39, 0.29) is 0 Å². The summed E-state index contributed by atoms with van der Waals surface area (Å²) in [6.07, 6.45) is 9.87. The Hall–Kier alpha value is -0.760. The molecule has 1 unspecified atom stereocenters. The lowest BCUT2D eigenvalue weighted by atomic mass is 10.1. The molecule has 1 aromatic rings. The predicted molar refractivity (Wildman–Crippen MR) is 63.9 cm³/mol. The lowest BCUT2D eigenvalue weighted by molar-refractivity contribution is 0.526. The van der Waals surface area contributed by atoms with Crippen molar-refractivity contribution in [1.29, 1.82) is 0 Å². The quantitative estimate of drug-likeness (QED) is 0.757. The third-order valence-corrected chi connectivity index (χ3v) is 3.31. The molecule has 15 heavy (non-hydrogen) atoms. The minimum absolute atomic E-state index is 0.591.